The molecule has 2 heterocycles. The van der Waals surface area contributed by atoms with Gasteiger partial charge in [0.05, 0.1) is 12.4 Å². The lowest BCUT2D eigenvalue weighted by atomic mass is 10.0. The number of ketones is 1. The van der Waals surface area contributed by atoms with Crippen LogP contribution in [-0.4, -0.2) is 42.2 Å². The molecule has 40 heavy (non-hydrogen) atoms. The number of methoxy groups -OCH3 is 1. The molecule has 2 aromatic heterocycles. The second-order valence-electron chi connectivity index (χ2n) is 9.60. The van der Waals surface area contributed by atoms with E-state index < -0.39 is 13.0 Å². The van der Waals surface area contributed by atoms with Crippen molar-refractivity contribution in [2.24, 2.45) is 0 Å². The molecule has 10 heteroatoms. The average Bonchev–Trinajstić information content (AvgIpc) is 3.61. The molecule has 0 saturated carbocycles. The number of hydrogen-bond donors (Lipinski definition) is 1. The number of carbonyl (C=O) groups excluding carboxylic acids is 2. The molecule has 0 aliphatic carbocycles. The van der Waals surface area contributed by atoms with Crippen LogP contribution in [0.25, 0.3) is 21.5 Å². The van der Waals surface area contributed by atoms with Crippen molar-refractivity contribution < 1.29 is 28.0 Å². The van der Waals surface area contributed by atoms with Crippen LogP contribution in [-0.2, 0) is 20.5 Å². The number of aromatic amines is 1. The van der Waals surface area contributed by atoms with Crippen LogP contribution in [0.2, 0.25) is 0 Å². The van der Waals surface area contributed by atoms with Gasteiger partial charge in [-0.3, -0.25) is 9.59 Å². The molecule has 0 amide bonds. The highest BCUT2D eigenvalue weighted by Gasteiger charge is 2.26. The molecule has 0 fully saturated rings. The predicted octanol–water partition coefficient (Wildman–Crippen LogP) is 6.81. The van der Waals surface area contributed by atoms with Gasteiger partial charge in [0.2, 0.25) is 5.78 Å². The summed E-state index contributed by atoms with van der Waals surface area (Å²) in [7, 11) is -1.57. The van der Waals surface area contributed by atoms with Crippen molar-refractivity contribution in [2.75, 3.05) is 20.4 Å². The molecule has 0 saturated heterocycles. The van der Waals surface area contributed by atoms with E-state index >= 15 is 4.39 Å². The molecular formula is C30H26FN2O5PS. The quantitative estimate of drug-likeness (QED) is 0.118. The third-order valence-corrected chi connectivity index (χ3v) is 8.76. The van der Waals surface area contributed by atoms with Gasteiger partial charge in [0.1, 0.15) is 23.6 Å². The Bertz CT molecular complexity index is 1790. The summed E-state index contributed by atoms with van der Waals surface area (Å²) in [5.74, 6) is -0.880. The summed E-state index contributed by atoms with van der Waals surface area (Å²) < 4.78 is 39.0. The van der Waals surface area contributed by atoms with E-state index in [-0.39, 0.29) is 23.9 Å². The Morgan fingerprint density at radius 2 is 1.88 bits per heavy atom. The van der Waals surface area contributed by atoms with E-state index in [0.717, 1.165) is 5.56 Å². The van der Waals surface area contributed by atoms with Crippen molar-refractivity contribution in [1.29, 1.82) is 0 Å². The molecule has 1 N–H and O–H groups in total. The fraction of sp³-hybridized carbons (Fsp3) is 0.167. The number of H-pyrrole nitrogens is 1. The number of rotatable bonds is 9. The largest absolute Gasteiger partial charge is 0.469 e. The SMILES string of the molecule is COC(=O)CCc1cccc(C(=O)c2csc(-c3cccc(Oc4c(F)cc5[nH]ccc5c4P(C)(C)=O)c3)n2)c1. The third-order valence-electron chi connectivity index (χ3n) is 6.35. The number of esters is 1. The van der Waals surface area contributed by atoms with E-state index in [1.807, 2.05) is 12.1 Å². The van der Waals surface area contributed by atoms with Gasteiger partial charge in [-0.05, 0) is 49.6 Å². The Balaban J connectivity index is 1.40. The zero-order valence-electron chi connectivity index (χ0n) is 22.1. The molecule has 0 spiro atoms. The van der Waals surface area contributed by atoms with Crippen molar-refractivity contribution in [3.63, 3.8) is 0 Å². The van der Waals surface area contributed by atoms with Crippen LogP contribution in [0.3, 0.4) is 0 Å². The zero-order valence-corrected chi connectivity index (χ0v) is 23.8. The highest BCUT2D eigenvalue weighted by atomic mass is 32.1. The monoisotopic (exact) mass is 576 g/mol. The third kappa shape index (κ3) is 5.76. The van der Waals surface area contributed by atoms with Crippen molar-refractivity contribution in [3.8, 4) is 22.1 Å². The van der Waals surface area contributed by atoms with Gasteiger partial charge in [-0.2, -0.15) is 0 Å². The van der Waals surface area contributed by atoms with Gasteiger partial charge in [-0.1, -0.05) is 30.3 Å². The molecular weight excluding hydrogens is 550 g/mol. The van der Waals surface area contributed by atoms with Gasteiger partial charge in [0.15, 0.2) is 11.6 Å². The molecule has 3 aromatic carbocycles. The van der Waals surface area contributed by atoms with Crippen molar-refractivity contribution in [1.82, 2.24) is 9.97 Å². The van der Waals surface area contributed by atoms with Gasteiger partial charge in [0, 0.05) is 46.1 Å². The van der Waals surface area contributed by atoms with E-state index in [2.05, 4.69) is 14.7 Å². The van der Waals surface area contributed by atoms with Gasteiger partial charge < -0.3 is 19.0 Å². The van der Waals surface area contributed by atoms with E-state index in [0.29, 0.717) is 50.2 Å². The maximum Gasteiger partial charge on any atom is 0.305 e. The molecule has 0 unspecified atom stereocenters. The topological polar surface area (TPSA) is 98.4 Å². The number of nitrogens with zero attached hydrogens (tertiary/aromatic N) is 1. The maximum atomic E-state index is 15.1. The summed E-state index contributed by atoms with van der Waals surface area (Å²) in [6.45, 7) is 3.17. The molecule has 7 nitrogen and oxygen atoms in total. The van der Waals surface area contributed by atoms with E-state index in [1.165, 1.54) is 24.5 Å². The highest BCUT2D eigenvalue weighted by Crippen LogP contribution is 2.44. The number of aryl methyl sites for hydroxylation is 1. The lowest BCUT2D eigenvalue weighted by molar-refractivity contribution is -0.140. The van der Waals surface area contributed by atoms with E-state index in [1.54, 1.807) is 67.4 Å². The molecule has 204 valence electrons. The number of ether oxygens (including phenoxy) is 2. The molecule has 0 bridgehead atoms. The zero-order chi connectivity index (χ0) is 28.4. The molecule has 5 rings (SSSR count). The van der Waals surface area contributed by atoms with E-state index in [4.69, 9.17) is 4.74 Å². The Morgan fingerprint density at radius 1 is 1.07 bits per heavy atom. The number of halogens is 1. The highest BCUT2D eigenvalue weighted by molar-refractivity contribution is 7.70. The second kappa shape index (κ2) is 11.2. The number of hydrogen-bond acceptors (Lipinski definition) is 7. The van der Waals surface area contributed by atoms with Crippen LogP contribution in [0.15, 0.2) is 72.2 Å². The number of aromatic nitrogens is 2. The van der Waals surface area contributed by atoms with Gasteiger partial charge in [-0.15, -0.1) is 11.3 Å². The number of fused-ring (bicyclic) bond motifs is 1. The van der Waals surface area contributed by atoms with Crippen LogP contribution < -0.4 is 10.0 Å². The summed E-state index contributed by atoms with van der Waals surface area (Å²) >= 11 is 1.30. The minimum Gasteiger partial charge on any atom is -0.469 e. The Labute approximate surface area is 234 Å². The summed E-state index contributed by atoms with van der Waals surface area (Å²) in [4.78, 5) is 32.1. The first-order valence-electron chi connectivity index (χ1n) is 12.4. The summed E-state index contributed by atoms with van der Waals surface area (Å²) in [6.07, 6.45) is 2.37. The average molecular weight is 577 g/mol. The standard InChI is InChI=1S/C30H26FN2O5PS/c1-37-26(34)11-10-18-6-4-7-19(14-18)27(35)25-17-40-30(33-25)20-8-5-9-21(15-20)38-28-23(31)16-24-22(12-13-32-24)29(28)39(2,3)36/h4-9,12-17,32H,10-11H2,1-3H3. The number of thiazole rings is 1. The molecule has 0 atom stereocenters. The Hall–Kier alpha value is -4.07. The van der Waals surface area contributed by atoms with Crippen LogP contribution in [0, 0.1) is 5.82 Å². The first kappa shape index (κ1) is 27.5. The van der Waals surface area contributed by atoms with Crippen LogP contribution >= 0.6 is 18.5 Å². The van der Waals surface area contributed by atoms with Crippen molar-refractivity contribution >= 4 is 46.4 Å². The fourth-order valence-corrected chi connectivity index (χ4v) is 6.67. The van der Waals surface area contributed by atoms with Crippen LogP contribution in [0.5, 0.6) is 11.5 Å². The lowest BCUT2D eigenvalue weighted by Gasteiger charge is -2.17. The summed E-state index contributed by atoms with van der Waals surface area (Å²) in [5, 5.41) is 3.27. The summed E-state index contributed by atoms with van der Waals surface area (Å²) in [5.41, 5.74) is 2.86. The second-order valence-corrected chi connectivity index (χ2v) is 13.6. The predicted molar refractivity (Wildman–Crippen MR) is 155 cm³/mol. The van der Waals surface area contributed by atoms with Crippen molar-refractivity contribution in [2.45, 2.75) is 12.8 Å². The van der Waals surface area contributed by atoms with Gasteiger partial charge >= 0.3 is 5.97 Å². The molecule has 0 aliphatic heterocycles. The maximum absolute atomic E-state index is 15.1. The van der Waals surface area contributed by atoms with Crippen molar-refractivity contribution in [3.05, 3.63) is 94.9 Å². The fourth-order valence-electron chi connectivity index (χ4n) is 4.45. The molecule has 0 aliphatic rings. The number of benzene rings is 3. The first-order valence-corrected chi connectivity index (χ1v) is 15.9. The molecule has 0 radical (unpaired) electrons. The number of carbonyl (C=O) groups is 2. The Morgan fingerprint density at radius 3 is 2.65 bits per heavy atom. The smallest absolute Gasteiger partial charge is 0.305 e. The van der Waals surface area contributed by atoms with Crippen LogP contribution in [0.1, 0.15) is 28.0 Å². The number of nitrogens with one attached hydrogen (secondary N) is 1. The lowest BCUT2D eigenvalue weighted by Crippen LogP contribution is -2.10. The Kier molecular flexibility index (Phi) is 7.70. The molecule has 5 aromatic rings. The van der Waals surface area contributed by atoms with Gasteiger partial charge in [0.25, 0.3) is 0 Å². The van der Waals surface area contributed by atoms with E-state index in [9.17, 15) is 14.2 Å². The normalized spacial score (nSPS) is 11.5. The van der Waals surface area contributed by atoms with Crippen LogP contribution in [0.4, 0.5) is 4.39 Å². The summed E-state index contributed by atoms with van der Waals surface area (Å²) in [6, 6.07) is 17.2. The van der Waals surface area contributed by atoms with Gasteiger partial charge in [-0.25, -0.2) is 9.37 Å². The first-order chi connectivity index (χ1) is 19.1. The minimum absolute atomic E-state index is 0.0698. The minimum atomic E-state index is -2.91.